The summed E-state index contributed by atoms with van der Waals surface area (Å²) in [6.07, 6.45) is 0. The molecule has 0 spiro atoms. The molecule has 4 heteroatoms. The third kappa shape index (κ3) is 0.662. The Bertz CT molecular complexity index is 94.8. The Labute approximate surface area is 33.5 Å². The van der Waals surface area contributed by atoms with E-state index in [2.05, 4.69) is 5.51 Å². The molecule has 0 fully saturated rings. The second kappa shape index (κ2) is 1.47. The second-order valence-corrected chi connectivity index (χ2v) is 0.885. The first-order chi connectivity index (χ1) is 2.50. The fourth-order valence-corrected chi connectivity index (χ4v) is 0.278. The van der Waals surface area contributed by atoms with Gasteiger partial charge in [0.2, 0.25) is 0 Å². The van der Waals surface area contributed by atoms with E-state index in [0.29, 0.717) is 0 Å². The van der Waals surface area contributed by atoms with E-state index in [4.69, 9.17) is 0 Å². The minimum absolute atomic E-state index is 1.88. The zero-order valence-corrected chi connectivity index (χ0v) is 2.81. The molecule has 0 N–H and O–H groups in total. The van der Waals surface area contributed by atoms with Gasteiger partial charge >= 0.3 is 32.5 Å². The quantitative estimate of drug-likeness (QED) is 0.287. The molecule has 1 heterocycles. The van der Waals surface area contributed by atoms with Crippen LogP contribution in [0.5, 0.6) is 0 Å². The molecular formula is CB4. The van der Waals surface area contributed by atoms with Crippen molar-refractivity contribution in [1.82, 2.24) is 0 Å². The number of rotatable bonds is 0. The first-order valence-electron chi connectivity index (χ1n) is 1.58. The van der Waals surface area contributed by atoms with Crippen LogP contribution in [0.2, 0.25) is 0 Å². The van der Waals surface area contributed by atoms with E-state index in [9.17, 15) is 0 Å². The first-order valence-corrected chi connectivity index (χ1v) is 1.58. The Morgan fingerprint density at radius 3 is 1.80 bits per heavy atom. The van der Waals surface area contributed by atoms with Gasteiger partial charge in [-0.05, 0) is 0 Å². The van der Waals surface area contributed by atoms with Gasteiger partial charge in [-0.15, -0.1) is 0 Å². The second-order valence-electron chi connectivity index (χ2n) is 0.885. The molecule has 0 bridgehead atoms. The van der Waals surface area contributed by atoms with Crippen molar-refractivity contribution >= 4 is 32.5 Å². The number of hydrogen-bond donors (Lipinski definition) is 0. The molecule has 0 saturated carbocycles. The van der Waals surface area contributed by atoms with E-state index in [1.807, 2.05) is 27.0 Å². The van der Waals surface area contributed by atoms with E-state index < -0.39 is 0 Å². The van der Waals surface area contributed by atoms with Crippen LogP contribution < -0.4 is 0 Å². The zero-order valence-electron chi connectivity index (χ0n) is 2.81. The van der Waals surface area contributed by atoms with Crippen LogP contribution in [0.1, 0.15) is 0 Å². The molecule has 0 radical (unpaired) electrons. The summed E-state index contributed by atoms with van der Waals surface area (Å²) in [5, 5.41) is 0. The Hall–Kier alpha value is 0.0397. The molecule has 0 aliphatic carbocycles. The van der Waals surface area contributed by atoms with E-state index in [1.165, 1.54) is 0 Å². The van der Waals surface area contributed by atoms with Crippen molar-refractivity contribution < 1.29 is 0 Å². The summed E-state index contributed by atoms with van der Waals surface area (Å²) in [5.41, 5.74) is 2.86. The van der Waals surface area contributed by atoms with Gasteiger partial charge in [-0.3, -0.25) is 0 Å². The molecule has 0 aromatic rings. The molecule has 1 rings (SSSR count). The van der Waals surface area contributed by atoms with Gasteiger partial charge in [0.05, 0.1) is 0 Å². The summed E-state index contributed by atoms with van der Waals surface area (Å²) in [6.45, 7) is 7.64. The Kier molecular flexibility index (Phi) is 0.952. The standard InChI is InChI=1S/CB4/c1-2-4-5-3-1. The fourth-order valence-electron chi connectivity index (χ4n) is 0.278. The maximum atomic E-state index is 2.86. The van der Waals surface area contributed by atoms with Crippen LogP contribution in [-0.2, 0) is 0 Å². The van der Waals surface area contributed by atoms with Gasteiger partial charge in [-0.1, -0.05) is 0 Å². The minimum atomic E-state index is 1.88. The molecule has 0 nitrogen and oxygen atoms in total. The van der Waals surface area contributed by atoms with Crippen LogP contribution in [0.15, 0.2) is 0 Å². The topological polar surface area (TPSA) is 0 Å². The molecule has 16 valence electrons. The predicted octanol–water partition coefficient (Wildman–Crippen LogP) is -1.80. The van der Waals surface area contributed by atoms with Crippen LogP contribution in [0.25, 0.3) is 0 Å². The summed E-state index contributed by atoms with van der Waals surface area (Å²) in [7, 11) is 0. The summed E-state index contributed by atoms with van der Waals surface area (Å²) < 4.78 is 0. The number of hydrogen-bond acceptors (Lipinski definition) is 0. The van der Waals surface area contributed by atoms with Crippen molar-refractivity contribution in [2.75, 3.05) is 0 Å². The van der Waals surface area contributed by atoms with Gasteiger partial charge in [-0.25, -0.2) is 0 Å². The average molecular weight is 55.3 g/mol. The van der Waals surface area contributed by atoms with E-state index in [-0.39, 0.29) is 0 Å². The zero-order chi connectivity index (χ0) is 3.54. The molecule has 0 aromatic heterocycles. The summed E-state index contributed by atoms with van der Waals surface area (Å²) in [6, 6.07) is 0. The third-order valence-electron chi connectivity index (χ3n) is 0.496. The molecule has 1 aliphatic heterocycles. The van der Waals surface area contributed by atoms with Gasteiger partial charge in [0, 0.05) is 0 Å². The Morgan fingerprint density at radius 1 is 1.00 bits per heavy atom. The van der Waals surface area contributed by atoms with Crippen LogP contribution in [-0.4, -0.2) is 32.5 Å². The Morgan fingerprint density at radius 2 is 1.60 bits per heavy atom. The van der Waals surface area contributed by atoms with Gasteiger partial charge in [-0.2, -0.15) is 0 Å². The van der Waals surface area contributed by atoms with Crippen LogP contribution in [0, 0.1) is 0 Å². The van der Waals surface area contributed by atoms with Crippen molar-refractivity contribution in [1.29, 1.82) is 0 Å². The van der Waals surface area contributed by atoms with Crippen LogP contribution >= 0.6 is 0 Å². The van der Waals surface area contributed by atoms with Crippen LogP contribution in [0.4, 0.5) is 0 Å². The molecule has 5 heavy (non-hydrogen) atoms. The predicted molar refractivity (Wildman–Crippen MR) is 28.0 cm³/mol. The first kappa shape index (κ1) is 3.24. The third-order valence-corrected chi connectivity index (χ3v) is 0.496. The van der Waals surface area contributed by atoms with Crippen molar-refractivity contribution in [2.24, 2.45) is 0 Å². The van der Waals surface area contributed by atoms with E-state index >= 15 is 0 Å². The molecule has 0 saturated heterocycles. The van der Waals surface area contributed by atoms with Gasteiger partial charge in [0.25, 0.3) is 0 Å². The average Bonchev–Trinajstić information content (AvgIpc) is 1.76. The Balaban J connectivity index is 2.98. The normalized spacial score (nSPS) is 8.00. The van der Waals surface area contributed by atoms with Gasteiger partial charge < -0.3 is 0 Å². The molecule has 1 aliphatic rings. The van der Waals surface area contributed by atoms with E-state index in [1.54, 1.807) is 0 Å². The monoisotopic (exact) mass is 56.0 g/mol. The fraction of sp³-hybridized carbons (Fsp3) is 0. The summed E-state index contributed by atoms with van der Waals surface area (Å²) in [4.78, 5) is 0. The molecular weight excluding hydrogens is 55.3 g/mol. The molecule has 0 atom stereocenters. The summed E-state index contributed by atoms with van der Waals surface area (Å²) in [5.74, 6) is 0. The molecule has 0 unspecified atom stereocenters. The van der Waals surface area contributed by atoms with Crippen molar-refractivity contribution in [2.45, 2.75) is 0 Å². The maximum absolute atomic E-state index is 2.86. The SMILES string of the molecule is B1=BB=C=B1. The van der Waals surface area contributed by atoms with E-state index in [0.717, 1.165) is 0 Å². The molecule has 0 aromatic carbocycles. The van der Waals surface area contributed by atoms with Crippen molar-refractivity contribution in [3.05, 3.63) is 0 Å². The van der Waals surface area contributed by atoms with Gasteiger partial charge in [0.15, 0.2) is 0 Å². The van der Waals surface area contributed by atoms with Crippen molar-refractivity contribution in [3.63, 3.8) is 0 Å². The van der Waals surface area contributed by atoms with Gasteiger partial charge in [0.1, 0.15) is 0 Å². The van der Waals surface area contributed by atoms with Crippen molar-refractivity contribution in [3.8, 4) is 0 Å². The molecule has 0 amide bonds. The summed E-state index contributed by atoms with van der Waals surface area (Å²) >= 11 is 0. The van der Waals surface area contributed by atoms with Crippen LogP contribution in [0.3, 0.4) is 0 Å².